The zero-order valence-corrected chi connectivity index (χ0v) is 15.8. The topological polar surface area (TPSA) is 136 Å². The van der Waals surface area contributed by atoms with Crippen LogP contribution < -0.4 is 5.73 Å². The minimum absolute atomic E-state index is 0.00625. The number of hydrogen-bond donors (Lipinski definition) is 3. The third-order valence-corrected chi connectivity index (χ3v) is 4.95. The number of benzene rings is 1. The Balaban J connectivity index is 1.73. The van der Waals surface area contributed by atoms with Crippen LogP contribution in [-0.4, -0.2) is 54.3 Å². The Morgan fingerprint density at radius 2 is 2.07 bits per heavy atom. The van der Waals surface area contributed by atoms with E-state index in [2.05, 4.69) is 15.0 Å². The van der Waals surface area contributed by atoms with Crippen LogP contribution in [0.4, 0.5) is 5.82 Å². The van der Waals surface area contributed by atoms with E-state index in [0.717, 1.165) is 5.56 Å². The largest absolute Gasteiger partial charge is 0.394 e. The minimum Gasteiger partial charge on any atom is -0.394 e. The fourth-order valence-corrected chi connectivity index (χ4v) is 3.38. The molecule has 4 N–H and O–H groups in total. The zero-order chi connectivity index (χ0) is 20.5. The van der Waals surface area contributed by atoms with Crippen LogP contribution >= 0.6 is 0 Å². The van der Waals surface area contributed by atoms with Crippen LogP contribution in [0.25, 0.3) is 23.3 Å². The van der Waals surface area contributed by atoms with Gasteiger partial charge in [0.2, 0.25) is 0 Å². The van der Waals surface area contributed by atoms with Gasteiger partial charge in [-0.2, -0.15) is 0 Å². The molecule has 9 heteroatoms. The molecule has 1 saturated heterocycles. The highest BCUT2D eigenvalue weighted by atomic mass is 16.5. The first kappa shape index (κ1) is 19.2. The van der Waals surface area contributed by atoms with Crippen molar-refractivity contribution >= 4 is 34.9 Å². The third kappa shape index (κ3) is 3.63. The van der Waals surface area contributed by atoms with Crippen molar-refractivity contribution < 1.29 is 19.7 Å². The molecule has 1 aliphatic rings. The normalized spacial score (nSPS) is 22.0. The van der Waals surface area contributed by atoms with Gasteiger partial charge in [-0.25, -0.2) is 15.0 Å². The first-order valence-electron chi connectivity index (χ1n) is 9.19. The number of Topliss-reactive ketones (excluding diaryl/α,β-unsaturated/α-hetero) is 1. The molecule has 3 heterocycles. The Kier molecular flexibility index (Phi) is 5.10. The highest BCUT2D eigenvalue weighted by molar-refractivity contribution is 5.94. The molecule has 1 aromatic carbocycles. The molecule has 1 aliphatic heterocycles. The number of hydrogen-bond acceptors (Lipinski definition) is 8. The molecule has 4 rings (SSSR count). The van der Waals surface area contributed by atoms with Crippen molar-refractivity contribution in [3.63, 3.8) is 0 Å². The minimum atomic E-state index is -0.794. The molecule has 0 radical (unpaired) electrons. The van der Waals surface area contributed by atoms with Crippen molar-refractivity contribution in [1.82, 2.24) is 19.5 Å². The summed E-state index contributed by atoms with van der Waals surface area (Å²) >= 11 is 0. The Labute approximate surface area is 166 Å². The Morgan fingerprint density at radius 1 is 1.31 bits per heavy atom. The van der Waals surface area contributed by atoms with Gasteiger partial charge >= 0.3 is 0 Å². The maximum Gasteiger partial charge on any atom is 0.168 e. The number of ether oxygens (including phenoxy) is 1. The number of nitrogen functional groups attached to an aromatic ring is 1. The van der Waals surface area contributed by atoms with E-state index >= 15 is 0 Å². The average Bonchev–Trinajstić information content (AvgIpc) is 3.27. The summed E-state index contributed by atoms with van der Waals surface area (Å²) in [6, 6.07) is 7.20. The van der Waals surface area contributed by atoms with Gasteiger partial charge in [0, 0.05) is 12.0 Å². The molecule has 1 fully saturated rings. The number of carbonyl (C=O) groups is 1. The first-order chi connectivity index (χ1) is 14.0. The second-order valence-electron chi connectivity index (χ2n) is 6.90. The fraction of sp³-hybridized carbons (Fsp3) is 0.300. The van der Waals surface area contributed by atoms with Crippen molar-refractivity contribution in [2.45, 2.75) is 31.8 Å². The lowest BCUT2D eigenvalue weighted by Gasteiger charge is -2.15. The van der Waals surface area contributed by atoms with Crippen LogP contribution in [0.3, 0.4) is 0 Å². The van der Waals surface area contributed by atoms with E-state index in [0.29, 0.717) is 22.6 Å². The summed E-state index contributed by atoms with van der Waals surface area (Å²) in [6.45, 7) is 1.24. The summed E-state index contributed by atoms with van der Waals surface area (Å²) in [6.07, 6.45) is 3.24. The van der Waals surface area contributed by atoms with E-state index in [1.807, 2.05) is 18.2 Å². The van der Waals surface area contributed by atoms with Gasteiger partial charge in [0.1, 0.15) is 24.5 Å². The van der Waals surface area contributed by atoms with Gasteiger partial charge < -0.3 is 20.7 Å². The summed E-state index contributed by atoms with van der Waals surface area (Å²) in [7, 11) is 0. The van der Waals surface area contributed by atoms with Crippen molar-refractivity contribution in [2.24, 2.45) is 0 Å². The maximum atomic E-state index is 11.4. The van der Waals surface area contributed by atoms with Crippen molar-refractivity contribution in [1.29, 1.82) is 0 Å². The highest BCUT2D eigenvalue weighted by Gasteiger charge is 2.36. The summed E-state index contributed by atoms with van der Waals surface area (Å²) in [5.74, 6) is 0.775. The second kappa shape index (κ2) is 7.70. The fourth-order valence-electron chi connectivity index (χ4n) is 3.38. The van der Waals surface area contributed by atoms with Crippen molar-refractivity contribution in [3.05, 3.63) is 47.5 Å². The predicted octanol–water partition coefficient (Wildman–Crippen LogP) is 1.42. The summed E-state index contributed by atoms with van der Waals surface area (Å²) < 4.78 is 7.54. The lowest BCUT2D eigenvalue weighted by atomic mass is 10.1. The molecule has 9 nitrogen and oxygen atoms in total. The second-order valence-corrected chi connectivity index (χ2v) is 6.90. The van der Waals surface area contributed by atoms with Crippen molar-refractivity contribution in [3.8, 4) is 0 Å². The van der Waals surface area contributed by atoms with E-state index in [1.54, 1.807) is 22.8 Å². The molecule has 0 amide bonds. The average molecular weight is 395 g/mol. The summed E-state index contributed by atoms with van der Waals surface area (Å²) in [4.78, 5) is 24.2. The van der Waals surface area contributed by atoms with Gasteiger partial charge in [0.05, 0.1) is 12.7 Å². The molecule has 150 valence electrons. The van der Waals surface area contributed by atoms with Crippen LogP contribution in [-0.2, 0) is 4.74 Å². The number of aromatic nitrogens is 4. The van der Waals surface area contributed by atoms with E-state index in [1.165, 1.54) is 13.3 Å². The number of anilines is 1. The molecule has 3 aromatic rings. The molecule has 1 unspecified atom stereocenters. The molecule has 0 bridgehead atoms. The molecular formula is C20H21N5O4. The molecule has 0 aliphatic carbocycles. The lowest BCUT2D eigenvalue weighted by Crippen LogP contribution is -2.24. The maximum absolute atomic E-state index is 11.4. The van der Waals surface area contributed by atoms with Crippen LogP contribution in [0.1, 0.15) is 41.3 Å². The third-order valence-electron chi connectivity index (χ3n) is 4.95. The Morgan fingerprint density at radius 3 is 2.72 bits per heavy atom. The molecular weight excluding hydrogens is 374 g/mol. The van der Waals surface area contributed by atoms with E-state index in [4.69, 9.17) is 10.5 Å². The number of imidazole rings is 1. The number of nitrogens with two attached hydrogens (primary N) is 1. The zero-order valence-electron chi connectivity index (χ0n) is 15.8. The standard InChI is InChI=1S/C20H21N5O4/c1-11(27)13-5-2-12(3-6-13)4-7-16-24-18-19(21)22-10-23-20(18)25(16)17-8-14(28)15(9-26)29-17/h2-7,10,14-15,17,26,28H,8-9H2,1H3,(H2,21,22,23)/b7-4+/t14?,15-,17-/m1/s1. The molecule has 3 atom stereocenters. The van der Waals surface area contributed by atoms with Gasteiger partial charge in [-0.1, -0.05) is 30.3 Å². The monoisotopic (exact) mass is 395 g/mol. The smallest absolute Gasteiger partial charge is 0.168 e. The highest BCUT2D eigenvalue weighted by Crippen LogP contribution is 2.33. The summed E-state index contributed by atoms with van der Waals surface area (Å²) in [5, 5.41) is 19.5. The van der Waals surface area contributed by atoms with E-state index in [-0.39, 0.29) is 24.6 Å². The SMILES string of the molecule is CC(=O)c1ccc(/C=C/c2nc3c(N)ncnc3n2[C@H]2CC(O)[C@@H](CO)O2)cc1. The van der Waals surface area contributed by atoms with Crippen LogP contribution in [0.15, 0.2) is 30.6 Å². The Hall–Kier alpha value is -3.14. The number of carbonyl (C=O) groups excluding carboxylic acids is 1. The predicted molar refractivity (Wildman–Crippen MR) is 107 cm³/mol. The quantitative estimate of drug-likeness (QED) is 0.552. The van der Waals surface area contributed by atoms with Crippen LogP contribution in [0, 0.1) is 0 Å². The molecule has 2 aromatic heterocycles. The van der Waals surface area contributed by atoms with Crippen LogP contribution in [0.5, 0.6) is 0 Å². The first-order valence-corrected chi connectivity index (χ1v) is 9.19. The van der Waals surface area contributed by atoms with Gasteiger partial charge in [0.25, 0.3) is 0 Å². The molecule has 0 saturated carbocycles. The molecule has 29 heavy (non-hydrogen) atoms. The van der Waals surface area contributed by atoms with Gasteiger partial charge in [0.15, 0.2) is 22.8 Å². The number of rotatable bonds is 5. The lowest BCUT2D eigenvalue weighted by molar-refractivity contribution is -0.0434. The van der Waals surface area contributed by atoms with Gasteiger partial charge in [-0.3, -0.25) is 9.36 Å². The van der Waals surface area contributed by atoms with E-state index in [9.17, 15) is 15.0 Å². The number of aliphatic hydroxyl groups is 2. The van der Waals surface area contributed by atoms with Gasteiger partial charge in [-0.15, -0.1) is 0 Å². The molecule has 0 spiro atoms. The van der Waals surface area contributed by atoms with E-state index < -0.39 is 18.4 Å². The number of ketones is 1. The van der Waals surface area contributed by atoms with Gasteiger partial charge in [-0.05, 0) is 18.6 Å². The van der Waals surface area contributed by atoms with Crippen molar-refractivity contribution in [2.75, 3.05) is 12.3 Å². The number of nitrogens with zero attached hydrogens (tertiary/aromatic N) is 4. The number of aliphatic hydroxyl groups excluding tert-OH is 2. The number of fused-ring (bicyclic) bond motifs is 1. The summed E-state index contributed by atoms with van der Waals surface area (Å²) in [5.41, 5.74) is 8.40. The Bertz CT molecular complexity index is 1080. The van der Waals surface area contributed by atoms with Crippen LogP contribution in [0.2, 0.25) is 0 Å².